The molecule has 0 bridgehead atoms. The van der Waals surface area contributed by atoms with Crippen molar-refractivity contribution in [3.05, 3.63) is 24.0 Å². The molecule has 84 valence electrons. The van der Waals surface area contributed by atoms with Gasteiger partial charge in [-0.15, -0.1) is 0 Å². The van der Waals surface area contributed by atoms with E-state index in [-0.39, 0.29) is 12.3 Å². The van der Waals surface area contributed by atoms with Gasteiger partial charge in [0.05, 0.1) is 5.52 Å². The van der Waals surface area contributed by atoms with E-state index in [1.165, 1.54) is 0 Å². The number of phenolic OH excluding ortho intramolecular Hbond substituents is 1. The Morgan fingerprint density at radius 1 is 1.50 bits per heavy atom. The number of fused-ring (bicyclic) bond motifs is 1. The Kier molecular flexibility index (Phi) is 2.52. The van der Waals surface area contributed by atoms with Crippen LogP contribution in [0.5, 0.6) is 5.75 Å². The van der Waals surface area contributed by atoms with Crippen molar-refractivity contribution in [2.75, 3.05) is 0 Å². The molecule has 0 radical (unpaired) electrons. The number of benzene rings is 1. The summed E-state index contributed by atoms with van der Waals surface area (Å²) < 4.78 is 1.61. The molecule has 2 N–H and O–H groups in total. The highest BCUT2D eigenvalue weighted by Gasteiger charge is 2.13. The first-order valence-electron chi connectivity index (χ1n) is 5.02. The lowest BCUT2D eigenvalue weighted by molar-refractivity contribution is -0.137. The summed E-state index contributed by atoms with van der Waals surface area (Å²) >= 11 is 0. The summed E-state index contributed by atoms with van der Waals surface area (Å²) in [4.78, 5) is 15.0. The molecule has 1 aromatic heterocycles. The van der Waals surface area contributed by atoms with Gasteiger partial charge in [0.2, 0.25) is 0 Å². The lowest BCUT2D eigenvalue weighted by Gasteiger charge is -2.03. The van der Waals surface area contributed by atoms with E-state index in [4.69, 9.17) is 5.11 Å². The molecule has 0 atom stereocenters. The number of imidazole rings is 1. The Labute approximate surface area is 92.0 Å². The number of hydrogen-bond donors (Lipinski definition) is 2. The van der Waals surface area contributed by atoms with Crippen LogP contribution in [0.4, 0.5) is 0 Å². The topological polar surface area (TPSA) is 75.4 Å². The minimum absolute atomic E-state index is 0.0799. The number of nitrogens with zero attached hydrogens (tertiary/aromatic N) is 2. The molecule has 16 heavy (non-hydrogen) atoms. The fourth-order valence-corrected chi connectivity index (χ4v) is 1.76. The number of aliphatic carboxylic acids is 1. The zero-order valence-corrected chi connectivity index (χ0v) is 8.84. The normalized spacial score (nSPS) is 10.8. The van der Waals surface area contributed by atoms with Crippen LogP contribution in [0.2, 0.25) is 0 Å². The van der Waals surface area contributed by atoms with E-state index in [9.17, 15) is 9.90 Å². The lowest BCUT2D eigenvalue weighted by atomic mass is 10.3. The Balaban J connectivity index is 2.68. The second-order valence-electron chi connectivity index (χ2n) is 3.51. The first-order valence-corrected chi connectivity index (χ1v) is 5.02. The second-order valence-corrected chi connectivity index (χ2v) is 3.51. The average molecular weight is 220 g/mol. The van der Waals surface area contributed by atoms with Crippen LogP contribution >= 0.6 is 0 Å². The first kappa shape index (κ1) is 10.5. The molecule has 0 saturated carbocycles. The highest BCUT2D eigenvalue weighted by Crippen LogP contribution is 2.24. The third kappa shape index (κ3) is 1.60. The number of phenols is 1. The summed E-state index contributed by atoms with van der Waals surface area (Å²) in [5, 5.41) is 18.4. The zero-order chi connectivity index (χ0) is 11.7. The van der Waals surface area contributed by atoms with Gasteiger partial charge in [0.25, 0.3) is 0 Å². The van der Waals surface area contributed by atoms with Crippen molar-refractivity contribution in [3.63, 3.8) is 0 Å². The number of hydrogen-bond acceptors (Lipinski definition) is 3. The maximum absolute atomic E-state index is 10.8. The molecule has 2 rings (SSSR count). The fraction of sp³-hybridized carbons (Fsp3) is 0.273. The summed E-state index contributed by atoms with van der Waals surface area (Å²) in [6, 6.07) is 4.97. The zero-order valence-electron chi connectivity index (χ0n) is 8.84. The van der Waals surface area contributed by atoms with Crippen molar-refractivity contribution < 1.29 is 15.0 Å². The van der Waals surface area contributed by atoms with Crippen LogP contribution in [-0.2, 0) is 17.8 Å². The molecule has 0 fully saturated rings. The highest BCUT2D eigenvalue weighted by atomic mass is 16.4. The molecule has 0 saturated heterocycles. The van der Waals surface area contributed by atoms with E-state index in [1.54, 1.807) is 22.8 Å². The molecule has 1 heterocycles. The largest absolute Gasteiger partial charge is 0.506 e. The maximum Gasteiger partial charge on any atom is 0.323 e. The van der Waals surface area contributed by atoms with Crippen LogP contribution < -0.4 is 0 Å². The first-order chi connectivity index (χ1) is 7.63. The van der Waals surface area contributed by atoms with Crippen molar-refractivity contribution in [1.29, 1.82) is 0 Å². The SMILES string of the molecule is CCc1nc2c(O)cccc2n1CC(=O)O. The van der Waals surface area contributed by atoms with Crippen LogP contribution in [0, 0.1) is 0 Å². The van der Waals surface area contributed by atoms with E-state index in [2.05, 4.69) is 4.98 Å². The van der Waals surface area contributed by atoms with E-state index in [0.29, 0.717) is 23.3 Å². The van der Waals surface area contributed by atoms with Gasteiger partial charge >= 0.3 is 5.97 Å². The van der Waals surface area contributed by atoms with Crippen molar-refractivity contribution in [3.8, 4) is 5.75 Å². The van der Waals surface area contributed by atoms with E-state index < -0.39 is 5.97 Å². The Morgan fingerprint density at radius 2 is 2.25 bits per heavy atom. The quantitative estimate of drug-likeness (QED) is 0.819. The molecule has 5 heteroatoms. The molecule has 2 aromatic rings. The molecule has 5 nitrogen and oxygen atoms in total. The molecule has 0 aliphatic heterocycles. The van der Waals surface area contributed by atoms with Gasteiger partial charge in [0.15, 0.2) is 0 Å². The van der Waals surface area contributed by atoms with Crippen LogP contribution in [0.1, 0.15) is 12.7 Å². The molecule has 1 aromatic carbocycles. The summed E-state index contributed by atoms with van der Waals surface area (Å²) in [5.74, 6) is -0.174. The molecule has 0 spiro atoms. The Bertz CT molecular complexity index is 545. The van der Waals surface area contributed by atoms with Crippen molar-refractivity contribution >= 4 is 17.0 Å². The summed E-state index contributed by atoms with van der Waals surface area (Å²) in [5.41, 5.74) is 1.11. The van der Waals surface area contributed by atoms with Crippen LogP contribution in [0.3, 0.4) is 0 Å². The monoisotopic (exact) mass is 220 g/mol. The second kappa shape index (κ2) is 3.84. The number of carbonyl (C=O) groups is 1. The van der Waals surface area contributed by atoms with Gasteiger partial charge in [0, 0.05) is 6.42 Å². The number of rotatable bonds is 3. The third-order valence-electron chi connectivity index (χ3n) is 2.45. The summed E-state index contributed by atoms with van der Waals surface area (Å²) in [6.45, 7) is 1.76. The number of aryl methyl sites for hydroxylation is 1. The number of aromatic nitrogens is 2. The van der Waals surface area contributed by atoms with Gasteiger partial charge in [-0.2, -0.15) is 0 Å². The van der Waals surface area contributed by atoms with Gasteiger partial charge < -0.3 is 14.8 Å². The van der Waals surface area contributed by atoms with Gasteiger partial charge in [0.1, 0.15) is 23.6 Å². The number of carboxylic acids is 1. The average Bonchev–Trinajstić information content (AvgIpc) is 2.58. The van der Waals surface area contributed by atoms with Gasteiger partial charge in [-0.05, 0) is 12.1 Å². The number of carboxylic acid groups (broad SMARTS) is 1. The van der Waals surface area contributed by atoms with Crippen molar-refractivity contribution in [2.24, 2.45) is 0 Å². The lowest BCUT2D eigenvalue weighted by Crippen LogP contribution is -2.11. The van der Waals surface area contributed by atoms with Gasteiger partial charge in [-0.1, -0.05) is 13.0 Å². The molecule has 0 aliphatic carbocycles. The Morgan fingerprint density at radius 3 is 2.88 bits per heavy atom. The molecule has 0 unspecified atom stereocenters. The predicted molar refractivity (Wildman–Crippen MR) is 58.4 cm³/mol. The van der Waals surface area contributed by atoms with Crippen LogP contribution in [0.25, 0.3) is 11.0 Å². The molecule has 0 aliphatic rings. The summed E-state index contributed by atoms with van der Waals surface area (Å²) in [6.07, 6.45) is 0.626. The molecular weight excluding hydrogens is 208 g/mol. The molecular formula is C11H12N2O3. The van der Waals surface area contributed by atoms with Crippen LogP contribution in [-0.4, -0.2) is 25.7 Å². The van der Waals surface area contributed by atoms with Crippen molar-refractivity contribution in [1.82, 2.24) is 9.55 Å². The number of aromatic hydroxyl groups is 1. The standard InChI is InChI=1S/C11H12N2O3/c1-2-9-12-11-7(4-3-5-8(11)14)13(9)6-10(15)16/h3-5,14H,2,6H2,1H3,(H,15,16). The maximum atomic E-state index is 10.8. The van der Waals surface area contributed by atoms with Gasteiger partial charge in [-0.25, -0.2) is 4.98 Å². The minimum atomic E-state index is -0.919. The van der Waals surface area contributed by atoms with Gasteiger partial charge in [-0.3, -0.25) is 4.79 Å². The van der Waals surface area contributed by atoms with Crippen molar-refractivity contribution in [2.45, 2.75) is 19.9 Å². The highest BCUT2D eigenvalue weighted by molar-refractivity contribution is 5.83. The predicted octanol–water partition coefficient (Wildman–Crippen LogP) is 1.39. The molecule has 0 amide bonds. The third-order valence-corrected chi connectivity index (χ3v) is 2.45. The van der Waals surface area contributed by atoms with E-state index in [0.717, 1.165) is 0 Å². The fourth-order valence-electron chi connectivity index (χ4n) is 1.76. The van der Waals surface area contributed by atoms with E-state index in [1.807, 2.05) is 6.92 Å². The Hall–Kier alpha value is -2.04. The smallest absolute Gasteiger partial charge is 0.323 e. The summed E-state index contributed by atoms with van der Waals surface area (Å²) in [7, 11) is 0. The van der Waals surface area contributed by atoms with Crippen LogP contribution in [0.15, 0.2) is 18.2 Å². The minimum Gasteiger partial charge on any atom is -0.506 e. The van der Waals surface area contributed by atoms with E-state index >= 15 is 0 Å². The number of para-hydroxylation sites is 1.